The van der Waals surface area contributed by atoms with Crippen LogP contribution >= 0.6 is 11.3 Å². The lowest BCUT2D eigenvalue weighted by atomic mass is 10.1. The van der Waals surface area contributed by atoms with Gasteiger partial charge in [0.2, 0.25) is 5.75 Å². The van der Waals surface area contributed by atoms with E-state index in [9.17, 15) is 19.8 Å². The van der Waals surface area contributed by atoms with Crippen LogP contribution in [0.1, 0.15) is 32.0 Å². The van der Waals surface area contributed by atoms with Crippen molar-refractivity contribution in [3.63, 3.8) is 0 Å². The van der Waals surface area contributed by atoms with Gasteiger partial charge in [-0.25, -0.2) is 9.78 Å². The smallest absolute Gasteiger partial charge is 0.335 e. The number of aryl methyl sites for hydroxylation is 1. The van der Waals surface area contributed by atoms with Gasteiger partial charge in [0, 0.05) is 6.54 Å². The molecule has 2 heterocycles. The second-order valence-corrected chi connectivity index (χ2v) is 6.63. The van der Waals surface area contributed by atoms with Crippen LogP contribution < -0.4 is 5.32 Å². The van der Waals surface area contributed by atoms with Crippen LogP contribution in [-0.2, 0) is 6.54 Å². The molecular weight excluding hydrogens is 370 g/mol. The number of aromatic carboxylic acids is 1. The average molecular weight is 385 g/mol. The minimum atomic E-state index is -1.02. The fourth-order valence-electron chi connectivity index (χ4n) is 2.46. The summed E-state index contributed by atoms with van der Waals surface area (Å²) in [4.78, 5) is 31.9. The van der Waals surface area contributed by atoms with E-state index in [4.69, 9.17) is 5.11 Å². The zero-order valence-corrected chi connectivity index (χ0v) is 14.9. The molecule has 1 aromatic carbocycles. The van der Waals surface area contributed by atoms with Crippen LogP contribution in [0.5, 0.6) is 11.6 Å². The highest BCUT2D eigenvalue weighted by molar-refractivity contribution is 7.13. The van der Waals surface area contributed by atoms with E-state index in [1.807, 2.05) is 0 Å². The lowest BCUT2D eigenvalue weighted by Crippen LogP contribution is -2.24. The first-order valence-corrected chi connectivity index (χ1v) is 8.69. The Morgan fingerprint density at radius 3 is 2.59 bits per heavy atom. The Morgan fingerprint density at radius 2 is 1.96 bits per heavy atom. The maximum Gasteiger partial charge on any atom is 0.335 e. The minimum Gasteiger partial charge on any atom is -0.501 e. The monoisotopic (exact) mass is 385 g/mol. The molecule has 0 unspecified atom stereocenters. The van der Waals surface area contributed by atoms with Crippen LogP contribution in [0.2, 0.25) is 0 Å². The number of aromatic nitrogens is 2. The summed E-state index contributed by atoms with van der Waals surface area (Å²) in [5.41, 5.74) is 1.09. The third-order valence-electron chi connectivity index (χ3n) is 3.80. The number of carboxylic acids is 1. The molecule has 0 saturated heterocycles. The number of carbonyl (C=O) groups excluding carboxylic acids is 1. The van der Waals surface area contributed by atoms with Gasteiger partial charge in [-0.2, -0.15) is 4.98 Å². The van der Waals surface area contributed by atoms with E-state index in [0.29, 0.717) is 16.0 Å². The van der Waals surface area contributed by atoms with Gasteiger partial charge in [-0.15, -0.1) is 11.3 Å². The second kappa shape index (κ2) is 7.42. The van der Waals surface area contributed by atoms with Gasteiger partial charge in [-0.05, 0) is 35.6 Å². The first-order chi connectivity index (χ1) is 12.9. The molecule has 8 nitrogen and oxygen atoms in total. The summed E-state index contributed by atoms with van der Waals surface area (Å²) in [6.45, 7) is 1.76. The Kier molecular flexibility index (Phi) is 5.04. The van der Waals surface area contributed by atoms with Crippen LogP contribution in [0.4, 0.5) is 0 Å². The maximum atomic E-state index is 12.4. The average Bonchev–Trinajstić information content (AvgIpc) is 3.16. The van der Waals surface area contributed by atoms with Gasteiger partial charge in [0.15, 0.2) is 11.5 Å². The zero-order chi connectivity index (χ0) is 19.6. The number of aromatic hydroxyl groups is 2. The number of nitrogens with one attached hydrogen (secondary N) is 1. The van der Waals surface area contributed by atoms with E-state index in [1.165, 1.54) is 17.4 Å². The Balaban J connectivity index is 1.80. The largest absolute Gasteiger partial charge is 0.501 e. The summed E-state index contributed by atoms with van der Waals surface area (Å²) in [6.07, 6.45) is 0. The lowest BCUT2D eigenvalue weighted by molar-refractivity contribution is 0.0695. The molecule has 138 valence electrons. The molecule has 2 aromatic heterocycles. The van der Waals surface area contributed by atoms with E-state index >= 15 is 0 Å². The number of thiophene rings is 1. The molecule has 0 radical (unpaired) electrons. The highest BCUT2D eigenvalue weighted by Crippen LogP contribution is 2.30. The Labute approximate surface area is 157 Å². The first-order valence-electron chi connectivity index (χ1n) is 7.81. The molecule has 0 aliphatic rings. The van der Waals surface area contributed by atoms with Crippen molar-refractivity contribution in [1.82, 2.24) is 15.3 Å². The molecule has 4 N–H and O–H groups in total. The standard InChI is InChI=1S/C18H15N3O5S/c1-9-7-10(4-5-11(9)18(25)26)8-19-16(23)13-14(22)17(24)21-15(20-13)12-3-2-6-27-12/h2-7,22H,8H2,1H3,(H,19,23)(H,25,26)(H,20,21,24). The fourth-order valence-corrected chi connectivity index (χ4v) is 3.12. The molecule has 0 atom stereocenters. The molecule has 3 rings (SSSR count). The summed E-state index contributed by atoms with van der Waals surface area (Å²) in [5.74, 6) is -2.97. The van der Waals surface area contributed by atoms with E-state index in [-0.39, 0.29) is 23.6 Å². The first kappa shape index (κ1) is 18.3. The van der Waals surface area contributed by atoms with Crippen molar-refractivity contribution in [3.05, 3.63) is 58.1 Å². The summed E-state index contributed by atoms with van der Waals surface area (Å²) < 4.78 is 0. The number of carbonyl (C=O) groups is 2. The van der Waals surface area contributed by atoms with Crippen molar-refractivity contribution in [2.24, 2.45) is 0 Å². The Bertz CT molecular complexity index is 1020. The molecular formula is C18H15N3O5S. The predicted molar refractivity (Wildman–Crippen MR) is 98.0 cm³/mol. The van der Waals surface area contributed by atoms with Gasteiger partial charge in [-0.1, -0.05) is 18.2 Å². The van der Waals surface area contributed by atoms with Crippen molar-refractivity contribution >= 4 is 23.2 Å². The van der Waals surface area contributed by atoms with Crippen molar-refractivity contribution in [3.8, 4) is 22.3 Å². The van der Waals surface area contributed by atoms with Gasteiger partial charge in [0.05, 0.1) is 10.4 Å². The molecule has 27 heavy (non-hydrogen) atoms. The predicted octanol–water partition coefficient (Wildman–Crippen LogP) is 2.55. The molecule has 0 spiro atoms. The summed E-state index contributed by atoms with van der Waals surface area (Å²) in [6, 6.07) is 8.20. The summed E-state index contributed by atoms with van der Waals surface area (Å²) in [5, 5.41) is 33.2. The molecule has 0 aliphatic carbocycles. The quantitative estimate of drug-likeness (QED) is 0.530. The van der Waals surface area contributed by atoms with Crippen LogP contribution in [0.3, 0.4) is 0 Å². The van der Waals surface area contributed by atoms with Crippen molar-refractivity contribution in [1.29, 1.82) is 0 Å². The van der Waals surface area contributed by atoms with E-state index in [1.54, 1.807) is 36.6 Å². The third kappa shape index (κ3) is 3.87. The number of amides is 1. The van der Waals surface area contributed by atoms with Crippen LogP contribution in [0.25, 0.3) is 10.7 Å². The summed E-state index contributed by atoms with van der Waals surface area (Å²) >= 11 is 1.33. The SMILES string of the molecule is Cc1cc(CNC(=O)c2nc(-c3cccs3)nc(O)c2O)ccc1C(=O)O. The second-order valence-electron chi connectivity index (χ2n) is 5.68. The molecule has 1 amide bonds. The number of hydrogen-bond acceptors (Lipinski definition) is 7. The molecule has 9 heteroatoms. The van der Waals surface area contributed by atoms with Gasteiger partial charge in [0.1, 0.15) is 0 Å². The molecule has 0 aliphatic heterocycles. The Morgan fingerprint density at radius 1 is 1.19 bits per heavy atom. The highest BCUT2D eigenvalue weighted by Gasteiger charge is 2.20. The van der Waals surface area contributed by atoms with Crippen LogP contribution in [0, 0.1) is 6.92 Å². The van der Waals surface area contributed by atoms with Gasteiger partial charge < -0.3 is 20.6 Å². The number of carboxylic acid groups (broad SMARTS) is 1. The summed E-state index contributed by atoms with van der Waals surface area (Å²) in [7, 11) is 0. The van der Waals surface area contributed by atoms with Crippen molar-refractivity contribution < 1.29 is 24.9 Å². The van der Waals surface area contributed by atoms with Crippen LogP contribution in [-0.4, -0.2) is 37.2 Å². The number of rotatable bonds is 5. The molecule has 0 fully saturated rings. The number of nitrogens with zero attached hydrogens (tertiary/aromatic N) is 2. The highest BCUT2D eigenvalue weighted by atomic mass is 32.1. The van der Waals surface area contributed by atoms with E-state index in [2.05, 4.69) is 15.3 Å². The zero-order valence-electron chi connectivity index (χ0n) is 14.1. The van der Waals surface area contributed by atoms with Crippen molar-refractivity contribution in [2.75, 3.05) is 0 Å². The molecule has 0 saturated carbocycles. The van der Waals surface area contributed by atoms with Gasteiger partial charge in [0.25, 0.3) is 11.8 Å². The van der Waals surface area contributed by atoms with Gasteiger partial charge >= 0.3 is 5.97 Å². The topological polar surface area (TPSA) is 133 Å². The third-order valence-corrected chi connectivity index (χ3v) is 4.66. The fraction of sp³-hybridized carbons (Fsp3) is 0.111. The van der Waals surface area contributed by atoms with E-state index < -0.39 is 23.5 Å². The normalized spacial score (nSPS) is 10.6. The molecule has 3 aromatic rings. The van der Waals surface area contributed by atoms with Crippen LogP contribution in [0.15, 0.2) is 35.7 Å². The molecule has 0 bridgehead atoms. The van der Waals surface area contributed by atoms with E-state index in [0.717, 1.165) is 0 Å². The van der Waals surface area contributed by atoms with Crippen molar-refractivity contribution in [2.45, 2.75) is 13.5 Å². The number of benzene rings is 1. The Hall–Kier alpha value is -3.46. The minimum absolute atomic E-state index is 0.0953. The maximum absolute atomic E-state index is 12.4. The lowest BCUT2D eigenvalue weighted by Gasteiger charge is -2.09. The van der Waals surface area contributed by atoms with Gasteiger partial charge in [-0.3, -0.25) is 4.79 Å². The number of hydrogen-bond donors (Lipinski definition) is 4.